The van der Waals surface area contributed by atoms with Gasteiger partial charge in [0.05, 0.1) is 24.3 Å². The van der Waals surface area contributed by atoms with E-state index in [-0.39, 0.29) is 11.5 Å². The first-order valence-electron chi connectivity index (χ1n) is 10.7. The summed E-state index contributed by atoms with van der Waals surface area (Å²) in [6.45, 7) is 8.34. The number of unbranched alkanes of at least 4 members (excludes halogenated alkanes) is 4. The maximum atomic E-state index is 11.8. The summed E-state index contributed by atoms with van der Waals surface area (Å²) in [7, 11) is -8.02. The second-order valence-electron chi connectivity index (χ2n) is 8.42. The van der Waals surface area contributed by atoms with Gasteiger partial charge in [-0.1, -0.05) is 66.2 Å². The molecule has 0 saturated heterocycles. The highest BCUT2D eigenvalue weighted by atomic mass is 32.2. The Hall–Kier alpha value is -1.16. The molecule has 0 aliphatic heterocycles. The Morgan fingerprint density at radius 2 is 0.933 bits per heavy atom. The molecule has 8 nitrogen and oxygen atoms in total. The molecule has 0 aromatic carbocycles. The predicted molar refractivity (Wildman–Crippen MR) is 116 cm³/mol. The van der Waals surface area contributed by atoms with Crippen LogP contribution in [0, 0.1) is 11.8 Å². The van der Waals surface area contributed by atoms with Crippen molar-refractivity contribution in [2.75, 3.05) is 11.5 Å². The minimum absolute atomic E-state index is 0.271. The Labute approximate surface area is 182 Å². The Balaban J connectivity index is 4.11. The third-order valence-corrected chi connectivity index (χ3v) is 6.78. The number of carbonyl (C=O) groups is 2. The summed E-state index contributed by atoms with van der Waals surface area (Å²) in [5.41, 5.74) is 0. The van der Waals surface area contributed by atoms with Crippen LogP contribution in [0.1, 0.15) is 91.9 Å². The van der Waals surface area contributed by atoms with Gasteiger partial charge >= 0.3 is 32.2 Å². The monoisotopic (exact) mass is 470 g/mol. The minimum Gasteiger partial charge on any atom is -0.346 e. The highest BCUT2D eigenvalue weighted by molar-refractivity contribution is 7.87. The molecular weight excluding hydrogens is 432 g/mol. The van der Waals surface area contributed by atoms with E-state index in [0.717, 1.165) is 38.5 Å². The van der Waals surface area contributed by atoms with Crippen molar-refractivity contribution in [2.24, 2.45) is 11.8 Å². The Bertz CT molecular complexity index is 647. The number of carbonyl (C=O) groups excluding carboxylic acids is 2. The van der Waals surface area contributed by atoms with Crippen LogP contribution in [0.25, 0.3) is 0 Å². The van der Waals surface area contributed by atoms with Crippen molar-refractivity contribution in [3.8, 4) is 0 Å². The summed E-state index contributed by atoms with van der Waals surface area (Å²) in [6.07, 6.45) is 4.90. The van der Waals surface area contributed by atoms with E-state index in [2.05, 4.69) is 36.1 Å². The van der Waals surface area contributed by atoms with Gasteiger partial charge in [0.25, 0.3) is 0 Å². The van der Waals surface area contributed by atoms with E-state index in [9.17, 15) is 26.4 Å². The van der Waals surface area contributed by atoms with Gasteiger partial charge in [0.15, 0.2) is 0 Å². The molecule has 0 aromatic heterocycles. The van der Waals surface area contributed by atoms with Gasteiger partial charge in [-0.3, -0.25) is 9.59 Å². The second-order valence-corrected chi connectivity index (χ2v) is 11.8. The highest BCUT2D eigenvalue weighted by Gasteiger charge is 2.21. The molecule has 0 atom stereocenters. The van der Waals surface area contributed by atoms with Gasteiger partial charge in [-0.2, -0.15) is 16.8 Å². The fraction of sp³-hybridized carbons (Fsp3) is 0.900. The van der Waals surface area contributed by atoms with E-state index in [1.807, 2.05) is 0 Å². The average Bonchev–Trinajstić information content (AvgIpc) is 2.57. The maximum absolute atomic E-state index is 11.8. The van der Waals surface area contributed by atoms with E-state index >= 15 is 0 Å². The summed E-state index contributed by atoms with van der Waals surface area (Å²) in [6, 6.07) is 0. The lowest BCUT2D eigenvalue weighted by molar-refractivity contribution is -0.140. The molecule has 0 N–H and O–H groups in total. The third kappa shape index (κ3) is 17.7. The largest absolute Gasteiger partial charge is 0.346 e. The smallest absolute Gasteiger partial charge is 0.322 e. The average molecular weight is 471 g/mol. The summed E-state index contributed by atoms with van der Waals surface area (Å²) in [5.74, 6) is -1.64. The molecule has 0 radical (unpaired) electrons. The first-order valence-corrected chi connectivity index (χ1v) is 13.9. The van der Waals surface area contributed by atoms with E-state index < -0.39 is 45.0 Å². The van der Waals surface area contributed by atoms with Gasteiger partial charge < -0.3 is 8.37 Å². The SMILES string of the molecule is CC(C)CCCCCS(=O)(=O)OC(=O)CCC(=O)OS(=O)(=O)CCCCCC(C)C. The molecule has 0 rings (SSSR count). The normalized spacial score (nSPS) is 12.3. The van der Waals surface area contributed by atoms with Crippen molar-refractivity contribution >= 4 is 32.2 Å². The zero-order valence-corrected chi connectivity index (χ0v) is 20.4. The van der Waals surface area contributed by atoms with E-state index in [4.69, 9.17) is 0 Å². The van der Waals surface area contributed by atoms with Crippen LogP contribution in [0.3, 0.4) is 0 Å². The standard InChI is InChI=1S/C20H38O8S2/c1-17(2)11-7-5-9-15-29(23,24)27-19(21)13-14-20(22)28-30(25,26)16-10-6-8-12-18(3)4/h17-18H,5-16H2,1-4H3. The Morgan fingerprint density at radius 1 is 0.600 bits per heavy atom. The topological polar surface area (TPSA) is 121 Å². The highest BCUT2D eigenvalue weighted by Crippen LogP contribution is 2.12. The van der Waals surface area contributed by atoms with Crippen LogP contribution in [0.5, 0.6) is 0 Å². The van der Waals surface area contributed by atoms with Gasteiger partial charge in [-0.05, 0) is 24.7 Å². The molecule has 0 amide bonds. The van der Waals surface area contributed by atoms with E-state index in [0.29, 0.717) is 24.7 Å². The van der Waals surface area contributed by atoms with Crippen LogP contribution in [0.15, 0.2) is 0 Å². The zero-order chi connectivity index (χ0) is 23.2. The molecule has 0 bridgehead atoms. The lowest BCUT2D eigenvalue weighted by atomic mass is 10.1. The van der Waals surface area contributed by atoms with Crippen molar-refractivity contribution in [3.05, 3.63) is 0 Å². The van der Waals surface area contributed by atoms with E-state index in [1.54, 1.807) is 0 Å². The summed E-state index contributed by atoms with van der Waals surface area (Å²) >= 11 is 0. The number of rotatable bonds is 17. The number of hydrogen-bond acceptors (Lipinski definition) is 8. The quantitative estimate of drug-likeness (QED) is 0.231. The first-order chi connectivity index (χ1) is 13.8. The fourth-order valence-electron chi connectivity index (χ4n) is 2.67. The van der Waals surface area contributed by atoms with Gasteiger partial charge in [-0.25, -0.2) is 0 Å². The molecule has 0 spiro atoms. The Kier molecular flexibility index (Phi) is 14.2. The Morgan fingerprint density at radius 3 is 1.23 bits per heavy atom. The van der Waals surface area contributed by atoms with Gasteiger partial charge in [-0.15, -0.1) is 0 Å². The van der Waals surface area contributed by atoms with Crippen molar-refractivity contribution < 1.29 is 34.8 Å². The van der Waals surface area contributed by atoms with Crippen LogP contribution >= 0.6 is 0 Å². The molecule has 178 valence electrons. The first kappa shape index (κ1) is 28.8. The molecule has 0 aliphatic carbocycles. The van der Waals surface area contributed by atoms with Gasteiger partial charge in [0, 0.05) is 0 Å². The van der Waals surface area contributed by atoms with Gasteiger partial charge in [0.2, 0.25) is 0 Å². The van der Waals surface area contributed by atoms with Crippen molar-refractivity contribution in [2.45, 2.75) is 91.9 Å². The van der Waals surface area contributed by atoms with Crippen LogP contribution < -0.4 is 0 Å². The van der Waals surface area contributed by atoms with E-state index in [1.165, 1.54) is 0 Å². The second kappa shape index (κ2) is 14.8. The maximum Gasteiger partial charge on any atom is 0.322 e. The van der Waals surface area contributed by atoms with Crippen molar-refractivity contribution in [1.29, 1.82) is 0 Å². The summed E-state index contributed by atoms with van der Waals surface area (Å²) < 4.78 is 55.9. The van der Waals surface area contributed by atoms with Crippen LogP contribution in [0.4, 0.5) is 0 Å². The third-order valence-electron chi connectivity index (χ3n) is 4.32. The molecule has 30 heavy (non-hydrogen) atoms. The molecule has 0 heterocycles. The van der Waals surface area contributed by atoms with Crippen LogP contribution in [-0.4, -0.2) is 40.3 Å². The van der Waals surface area contributed by atoms with Crippen molar-refractivity contribution in [1.82, 2.24) is 0 Å². The zero-order valence-electron chi connectivity index (χ0n) is 18.7. The number of hydrogen-bond donors (Lipinski definition) is 0. The molecule has 0 saturated carbocycles. The lowest BCUT2D eigenvalue weighted by Crippen LogP contribution is -2.19. The summed E-state index contributed by atoms with van der Waals surface area (Å²) in [4.78, 5) is 23.3. The van der Waals surface area contributed by atoms with Crippen LogP contribution in [0.2, 0.25) is 0 Å². The molecule has 0 aliphatic rings. The van der Waals surface area contributed by atoms with Crippen LogP contribution in [-0.2, 0) is 38.2 Å². The predicted octanol–water partition coefficient (Wildman–Crippen LogP) is 3.95. The lowest BCUT2D eigenvalue weighted by Gasteiger charge is -2.08. The molecule has 10 heteroatoms. The molecular formula is C20H38O8S2. The fourth-order valence-corrected chi connectivity index (χ4v) is 4.69. The molecule has 0 aromatic rings. The minimum atomic E-state index is -4.01. The molecule has 0 fully saturated rings. The van der Waals surface area contributed by atoms with Gasteiger partial charge in [0.1, 0.15) is 0 Å². The molecule has 0 unspecified atom stereocenters. The summed E-state index contributed by atoms with van der Waals surface area (Å²) in [5, 5.41) is 0. The van der Waals surface area contributed by atoms with Crippen molar-refractivity contribution in [3.63, 3.8) is 0 Å².